The van der Waals surface area contributed by atoms with Crippen LogP contribution in [0.15, 0.2) is 54.6 Å². The summed E-state index contributed by atoms with van der Waals surface area (Å²) in [6.45, 7) is 4.99. The van der Waals surface area contributed by atoms with E-state index in [1.54, 1.807) is 23.0 Å². The molecule has 0 bridgehead atoms. The molecule has 0 saturated heterocycles. The Bertz CT molecular complexity index is 2500. The van der Waals surface area contributed by atoms with Gasteiger partial charge in [0.25, 0.3) is 11.8 Å². The van der Waals surface area contributed by atoms with Crippen molar-refractivity contribution >= 4 is 45.2 Å². The number of hydrogen-bond donors (Lipinski definition) is 2. The molecule has 2 amide bonds. The third-order valence-electron chi connectivity index (χ3n) is 9.33. The molecule has 2 aliphatic rings. The lowest BCUT2D eigenvalue weighted by Gasteiger charge is -2.19. The summed E-state index contributed by atoms with van der Waals surface area (Å²) in [7, 11) is 0. The summed E-state index contributed by atoms with van der Waals surface area (Å²) in [5, 5.41) is 5.95. The first kappa shape index (κ1) is 35.1. The van der Waals surface area contributed by atoms with Gasteiger partial charge in [-0.25, -0.2) is 22.0 Å². The highest BCUT2D eigenvalue weighted by molar-refractivity contribution is 6.31. The lowest BCUT2D eigenvalue weighted by Crippen LogP contribution is -2.35. The Hall–Kier alpha value is -5.37. The molecule has 4 aromatic carbocycles. The van der Waals surface area contributed by atoms with Crippen molar-refractivity contribution in [3.8, 4) is 22.3 Å². The molecule has 6 nitrogen and oxygen atoms in total. The minimum absolute atomic E-state index is 0.0791. The maximum absolute atomic E-state index is 14.3. The number of rotatable bonds is 2. The fourth-order valence-corrected chi connectivity index (χ4v) is 7.29. The van der Waals surface area contributed by atoms with Crippen molar-refractivity contribution in [1.29, 1.82) is 0 Å². The highest BCUT2D eigenvalue weighted by Gasteiger charge is 2.34. The summed E-state index contributed by atoms with van der Waals surface area (Å²) in [6.07, 6.45) is -4.63. The normalized spacial score (nSPS) is 14.1. The standard InChI is InChI=1S/C19H13ClF4N2O.C18H12F4N2O/c1-9-12-7-11(21)8-13(17(12)26-5-4-25-18(27)16(9)26)10-2-3-15(20)14(6-10)19(22,23)24;1-8-11-6-9(19)7-12(10-2-3-13(20)15(22)14(10)21)17(11)24-5-4-23-18(25)16(8)24/h2-3,6-8H,4-5H2,1H3,(H,25,27);2-3,6-7H,4-5H2,1H3,(H,23,25). The van der Waals surface area contributed by atoms with Crippen molar-refractivity contribution in [1.82, 2.24) is 19.8 Å². The van der Waals surface area contributed by atoms with Gasteiger partial charge in [0.15, 0.2) is 17.5 Å². The zero-order valence-electron chi connectivity index (χ0n) is 27.1. The maximum atomic E-state index is 14.3. The molecule has 0 saturated carbocycles. The minimum Gasteiger partial charge on any atom is -0.349 e. The molecule has 2 N–H and O–H groups in total. The van der Waals surface area contributed by atoms with Gasteiger partial charge in [0.1, 0.15) is 23.0 Å². The van der Waals surface area contributed by atoms with Crippen LogP contribution in [-0.4, -0.2) is 34.0 Å². The third-order valence-corrected chi connectivity index (χ3v) is 9.66. The third kappa shape index (κ3) is 5.65. The number of nitrogens with zero attached hydrogens (tertiary/aromatic N) is 2. The van der Waals surface area contributed by atoms with E-state index in [1.807, 2.05) is 0 Å². The molecule has 8 rings (SSSR count). The molecule has 0 atom stereocenters. The molecule has 268 valence electrons. The predicted octanol–water partition coefficient (Wildman–Crippen LogP) is 9.09. The van der Waals surface area contributed by atoms with Gasteiger partial charge in [-0.05, 0) is 79.1 Å². The number of benzene rings is 4. The number of halogens is 9. The Morgan fingerprint density at radius 2 is 1.17 bits per heavy atom. The molecule has 6 aromatic rings. The summed E-state index contributed by atoms with van der Waals surface area (Å²) in [6, 6.07) is 10.2. The van der Waals surface area contributed by atoms with Crippen molar-refractivity contribution in [2.75, 3.05) is 13.1 Å². The zero-order valence-corrected chi connectivity index (χ0v) is 27.9. The summed E-state index contributed by atoms with van der Waals surface area (Å²) in [4.78, 5) is 24.4. The van der Waals surface area contributed by atoms with E-state index in [9.17, 15) is 44.7 Å². The lowest BCUT2D eigenvalue weighted by atomic mass is 9.99. The molecule has 0 fully saturated rings. The highest BCUT2D eigenvalue weighted by Crippen LogP contribution is 2.41. The van der Waals surface area contributed by atoms with E-state index < -0.39 is 45.8 Å². The predicted molar refractivity (Wildman–Crippen MR) is 179 cm³/mol. The Balaban J connectivity index is 0.000000162. The zero-order chi connectivity index (χ0) is 37.4. The fourth-order valence-electron chi connectivity index (χ4n) is 7.07. The Kier molecular flexibility index (Phi) is 8.55. The van der Waals surface area contributed by atoms with Crippen LogP contribution >= 0.6 is 11.6 Å². The molecule has 2 aliphatic heterocycles. The van der Waals surface area contributed by atoms with Crippen molar-refractivity contribution in [2.24, 2.45) is 0 Å². The second-order valence-electron chi connectivity index (χ2n) is 12.4. The molecule has 0 aliphatic carbocycles. The topological polar surface area (TPSA) is 68.1 Å². The van der Waals surface area contributed by atoms with Crippen molar-refractivity contribution < 1.29 is 44.7 Å². The number of fused-ring (bicyclic) bond motifs is 6. The molecule has 0 unspecified atom stereocenters. The number of nitrogens with one attached hydrogen (secondary N) is 2. The maximum Gasteiger partial charge on any atom is 0.417 e. The molecular weight excluding hydrogens is 720 g/mol. The molecule has 0 radical (unpaired) electrons. The molecule has 52 heavy (non-hydrogen) atoms. The molecular formula is C37H25ClF8N4O2. The number of hydrogen-bond acceptors (Lipinski definition) is 2. The Morgan fingerprint density at radius 1 is 0.654 bits per heavy atom. The smallest absolute Gasteiger partial charge is 0.349 e. The number of aromatic nitrogens is 2. The Labute approximate surface area is 294 Å². The minimum atomic E-state index is -4.63. The average Bonchev–Trinajstić information content (AvgIpc) is 3.54. The van der Waals surface area contributed by atoms with E-state index in [0.29, 0.717) is 70.5 Å². The number of carbonyl (C=O) groups excluding carboxylic acids is 2. The molecule has 2 aromatic heterocycles. The van der Waals surface area contributed by atoms with Gasteiger partial charge < -0.3 is 19.8 Å². The lowest BCUT2D eigenvalue weighted by molar-refractivity contribution is -0.137. The first-order valence-corrected chi connectivity index (χ1v) is 16.2. The van der Waals surface area contributed by atoms with Crippen LogP contribution in [0.3, 0.4) is 0 Å². The molecule has 4 heterocycles. The molecule has 0 spiro atoms. The van der Waals surface area contributed by atoms with E-state index in [0.717, 1.165) is 30.3 Å². The first-order chi connectivity index (χ1) is 24.6. The van der Waals surface area contributed by atoms with Crippen LogP contribution in [-0.2, 0) is 19.3 Å². The van der Waals surface area contributed by atoms with E-state index >= 15 is 0 Å². The summed E-state index contributed by atoms with van der Waals surface area (Å²) in [5.41, 5.74) is 2.17. The monoisotopic (exact) mass is 744 g/mol. The largest absolute Gasteiger partial charge is 0.417 e. The number of alkyl halides is 3. The van der Waals surface area contributed by atoms with Gasteiger partial charge in [0.05, 0.1) is 21.6 Å². The van der Waals surface area contributed by atoms with Gasteiger partial charge in [0, 0.05) is 53.6 Å². The fraction of sp³-hybridized carbons (Fsp3) is 0.189. The van der Waals surface area contributed by atoms with Gasteiger partial charge >= 0.3 is 6.18 Å². The number of aryl methyl sites for hydroxylation is 2. The molecule has 15 heteroatoms. The first-order valence-electron chi connectivity index (χ1n) is 15.8. The van der Waals surface area contributed by atoms with E-state index in [-0.39, 0.29) is 34.1 Å². The van der Waals surface area contributed by atoms with Crippen molar-refractivity contribution in [3.63, 3.8) is 0 Å². The van der Waals surface area contributed by atoms with Crippen LogP contribution < -0.4 is 10.6 Å². The second-order valence-corrected chi connectivity index (χ2v) is 12.8. The van der Waals surface area contributed by atoms with Crippen LogP contribution in [0, 0.1) is 42.9 Å². The average molecular weight is 745 g/mol. The van der Waals surface area contributed by atoms with Crippen molar-refractivity contribution in [2.45, 2.75) is 33.1 Å². The van der Waals surface area contributed by atoms with E-state index in [1.165, 1.54) is 24.3 Å². The van der Waals surface area contributed by atoms with Crippen LogP contribution in [0.2, 0.25) is 5.02 Å². The van der Waals surface area contributed by atoms with E-state index in [2.05, 4.69) is 10.6 Å². The van der Waals surface area contributed by atoms with Crippen LogP contribution in [0.25, 0.3) is 44.1 Å². The number of carbonyl (C=O) groups is 2. The summed E-state index contributed by atoms with van der Waals surface area (Å²) < 4.78 is 113. The van der Waals surface area contributed by atoms with Crippen LogP contribution in [0.5, 0.6) is 0 Å². The van der Waals surface area contributed by atoms with Crippen LogP contribution in [0.4, 0.5) is 35.1 Å². The Morgan fingerprint density at radius 3 is 1.71 bits per heavy atom. The highest BCUT2D eigenvalue weighted by atomic mass is 35.5. The van der Waals surface area contributed by atoms with Gasteiger partial charge in [-0.1, -0.05) is 17.7 Å². The van der Waals surface area contributed by atoms with E-state index in [4.69, 9.17) is 11.6 Å². The quantitative estimate of drug-likeness (QED) is 0.137. The van der Waals surface area contributed by atoms with Crippen molar-refractivity contribution in [3.05, 3.63) is 117 Å². The summed E-state index contributed by atoms with van der Waals surface area (Å²) >= 11 is 5.70. The van der Waals surface area contributed by atoms with Gasteiger partial charge in [-0.15, -0.1) is 0 Å². The SMILES string of the molecule is Cc1c2n(c3c(-c4ccc(Cl)c(C(F)(F)F)c4)cc(F)cc13)CCNC2=O.Cc1c2n(c3c(-c4ccc(F)c(F)c4F)cc(F)cc13)CCNC2=O. The van der Waals surface area contributed by atoms with Gasteiger partial charge in [-0.2, -0.15) is 13.2 Å². The second kappa shape index (κ2) is 12.7. The summed E-state index contributed by atoms with van der Waals surface area (Å²) in [5.74, 6) is -6.16. The number of amides is 2. The van der Waals surface area contributed by atoms with Gasteiger partial charge in [0.2, 0.25) is 0 Å². The van der Waals surface area contributed by atoms with Crippen LogP contribution in [0.1, 0.15) is 37.7 Å². The van der Waals surface area contributed by atoms with Gasteiger partial charge in [-0.3, -0.25) is 9.59 Å².